The number of hydrogen-bond donors (Lipinski definition) is 0. The zero-order valence-corrected chi connectivity index (χ0v) is 19.8. The molecule has 5 aromatic rings. The molecule has 0 fully saturated rings. The van der Waals surface area contributed by atoms with Crippen molar-refractivity contribution in [2.45, 2.75) is 13.8 Å². The van der Waals surface area contributed by atoms with Crippen molar-refractivity contribution in [3.05, 3.63) is 120 Å². The van der Waals surface area contributed by atoms with Crippen molar-refractivity contribution in [3.8, 4) is 22.6 Å². The molecule has 0 aromatic heterocycles. The maximum absolute atomic E-state index is 6.72. The Labute approximate surface area is 206 Å². The molecule has 0 saturated heterocycles. The molecule has 0 N–H and O–H groups in total. The van der Waals surface area contributed by atoms with E-state index in [1.165, 1.54) is 44.5 Å². The molecule has 2 aliphatic rings. The Morgan fingerprint density at radius 2 is 1.29 bits per heavy atom. The van der Waals surface area contributed by atoms with E-state index in [9.17, 15) is 0 Å². The Morgan fingerprint density at radius 3 is 2.09 bits per heavy atom. The van der Waals surface area contributed by atoms with Gasteiger partial charge < -0.3 is 9.64 Å². The third-order valence-corrected chi connectivity index (χ3v) is 7.26. The predicted octanol–water partition coefficient (Wildman–Crippen LogP) is 6.38. The lowest BCUT2D eigenvalue weighted by atomic mass is 9.33. The minimum atomic E-state index is 0.130. The number of aryl methyl sites for hydroxylation is 2. The molecule has 2 heterocycles. The number of fused-ring (bicyclic) bond motifs is 4. The van der Waals surface area contributed by atoms with Gasteiger partial charge in [-0.2, -0.15) is 0 Å². The van der Waals surface area contributed by atoms with Gasteiger partial charge in [-0.15, -0.1) is 0 Å². The molecule has 0 unspecified atom stereocenters. The summed E-state index contributed by atoms with van der Waals surface area (Å²) in [5.74, 6) is 1.92. The molecule has 0 spiro atoms. The van der Waals surface area contributed by atoms with Crippen LogP contribution in [-0.2, 0) is 0 Å². The average molecular weight is 449 g/mol. The predicted molar refractivity (Wildman–Crippen MR) is 147 cm³/mol. The molecule has 0 saturated carbocycles. The minimum absolute atomic E-state index is 0.130. The van der Waals surface area contributed by atoms with E-state index in [0.29, 0.717) is 0 Å². The van der Waals surface area contributed by atoms with Crippen molar-refractivity contribution in [1.29, 1.82) is 0 Å². The van der Waals surface area contributed by atoms with Crippen molar-refractivity contribution in [3.63, 3.8) is 0 Å². The third-order valence-electron chi connectivity index (χ3n) is 7.26. The highest BCUT2D eigenvalue weighted by Crippen LogP contribution is 2.43. The van der Waals surface area contributed by atoms with Gasteiger partial charge in [0.1, 0.15) is 11.5 Å². The monoisotopic (exact) mass is 449 g/mol. The van der Waals surface area contributed by atoms with E-state index in [-0.39, 0.29) is 6.71 Å². The van der Waals surface area contributed by atoms with Crippen LogP contribution in [0.4, 0.5) is 17.1 Å². The molecule has 2 aliphatic heterocycles. The molecule has 5 aromatic carbocycles. The summed E-state index contributed by atoms with van der Waals surface area (Å²) in [5.41, 5.74) is 12.2. The molecule has 35 heavy (non-hydrogen) atoms. The van der Waals surface area contributed by atoms with Crippen LogP contribution in [0.1, 0.15) is 11.1 Å². The van der Waals surface area contributed by atoms with Crippen LogP contribution in [-0.4, -0.2) is 6.71 Å². The van der Waals surface area contributed by atoms with Gasteiger partial charge >= 0.3 is 0 Å². The fourth-order valence-electron chi connectivity index (χ4n) is 5.86. The highest BCUT2D eigenvalue weighted by molar-refractivity contribution is 6.99. The van der Waals surface area contributed by atoms with Gasteiger partial charge in [-0.05, 0) is 83.3 Å². The van der Waals surface area contributed by atoms with Gasteiger partial charge in [0.25, 0.3) is 6.71 Å². The van der Waals surface area contributed by atoms with E-state index in [1.54, 1.807) is 0 Å². The SMILES string of the molecule is Cc1cc(C)c2c(c1)Oc1cc(-c3ccccc3)cc3c1B2c1ccccc1N3c1ccccc1. The number of hydrogen-bond acceptors (Lipinski definition) is 2. The minimum Gasteiger partial charge on any atom is -0.458 e. The van der Waals surface area contributed by atoms with Gasteiger partial charge in [0.15, 0.2) is 0 Å². The highest BCUT2D eigenvalue weighted by Gasteiger charge is 2.42. The fourth-order valence-corrected chi connectivity index (χ4v) is 5.86. The molecule has 0 amide bonds. The fraction of sp³-hybridized carbons (Fsp3) is 0.0625. The second-order valence-electron chi connectivity index (χ2n) is 9.53. The van der Waals surface area contributed by atoms with Crippen molar-refractivity contribution >= 4 is 40.2 Å². The van der Waals surface area contributed by atoms with Gasteiger partial charge in [-0.25, -0.2) is 0 Å². The van der Waals surface area contributed by atoms with Crippen LogP contribution < -0.4 is 26.0 Å². The van der Waals surface area contributed by atoms with E-state index < -0.39 is 0 Å². The molecular formula is C32H24BNO. The van der Waals surface area contributed by atoms with Crippen molar-refractivity contribution < 1.29 is 4.74 Å². The number of benzene rings is 5. The Bertz CT molecular complexity index is 1590. The van der Waals surface area contributed by atoms with Crippen LogP contribution in [0.3, 0.4) is 0 Å². The number of para-hydroxylation sites is 2. The van der Waals surface area contributed by atoms with Crippen LogP contribution in [0.5, 0.6) is 11.5 Å². The first kappa shape index (κ1) is 20.2. The smallest absolute Gasteiger partial charge is 0.256 e. The zero-order valence-electron chi connectivity index (χ0n) is 19.8. The maximum Gasteiger partial charge on any atom is 0.256 e. The van der Waals surface area contributed by atoms with Crippen molar-refractivity contribution in [2.75, 3.05) is 4.90 Å². The van der Waals surface area contributed by atoms with Crippen LogP contribution >= 0.6 is 0 Å². The summed E-state index contributed by atoms with van der Waals surface area (Å²) < 4.78 is 6.72. The first-order chi connectivity index (χ1) is 17.2. The van der Waals surface area contributed by atoms with E-state index in [4.69, 9.17) is 4.74 Å². The van der Waals surface area contributed by atoms with Gasteiger partial charge in [-0.3, -0.25) is 0 Å². The van der Waals surface area contributed by atoms with Gasteiger partial charge in [0, 0.05) is 17.1 Å². The number of nitrogens with zero attached hydrogens (tertiary/aromatic N) is 1. The molecule has 2 nitrogen and oxygen atoms in total. The van der Waals surface area contributed by atoms with E-state index in [1.807, 2.05) is 0 Å². The Balaban J connectivity index is 1.59. The lowest BCUT2D eigenvalue weighted by Crippen LogP contribution is -2.60. The second-order valence-corrected chi connectivity index (χ2v) is 9.53. The van der Waals surface area contributed by atoms with E-state index in [2.05, 4.69) is 128 Å². The van der Waals surface area contributed by atoms with Crippen LogP contribution in [0, 0.1) is 13.8 Å². The number of ether oxygens (including phenoxy) is 1. The van der Waals surface area contributed by atoms with Crippen LogP contribution in [0.15, 0.2) is 109 Å². The second kappa shape index (κ2) is 7.64. The molecule has 7 rings (SSSR count). The largest absolute Gasteiger partial charge is 0.458 e. The summed E-state index contributed by atoms with van der Waals surface area (Å²) in [6.07, 6.45) is 0. The topological polar surface area (TPSA) is 12.5 Å². The standard InChI is InChI=1S/C32H24BNO/c1-21-17-22(2)31-29(18-21)35-30-20-24(23-11-5-3-6-12-23)19-28-32(30)33(31)26-15-9-10-16-27(26)34(28)25-13-7-4-8-14-25/h3-20H,1-2H3. The summed E-state index contributed by atoms with van der Waals surface area (Å²) in [6.45, 7) is 4.49. The Hall–Kier alpha value is -4.24. The lowest BCUT2D eigenvalue weighted by Gasteiger charge is -2.40. The zero-order chi connectivity index (χ0) is 23.5. The summed E-state index contributed by atoms with van der Waals surface area (Å²) in [4.78, 5) is 2.40. The maximum atomic E-state index is 6.72. The van der Waals surface area contributed by atoms with Gasteiger partial charge in [0.05, 0.1) is 0 Å². The Morgan fingerprint density at radius 1 is 0.600 bits per heavy atom. The number of rotatable bonds is 2. The molecular weight excluding hydrogens is 425 g/mol. The molecule has 3 heteroatoms. The first-order valence-electron chi connectivity index (χ1n) is 12.2. The molecule has 0 bridgehead atoms. The molecule has 0 aliphatic carbocycles. The summed E-state index contributed by atoms with van der Waals surface area (Å²) in [7, 11) is 0. The van der Waals surface area contributed by atoms with Crippen LogP contribution in [0.2, 0.25) is 0 Å². The van der Waals surface area contributed by atoms with E-state index >= 15 is 0 Å². The molecule has 0 atom stereocenters. The summed E-state index contributed by atoms with van der Waals surface area (Å²) in [6, 6.07) is 39.1. The van der Waals surface area contributed by atoms with Crippen molar-refractivity contribution in [2.24, 2.45) is 0 Å². The van der Waals surface area contributed by atoms with Gasteiger partial charge in [-0.1, -0.05) is 78.4 Å². The average Bonchev–Trinajstić information content (AvgIpc) is 2.89. The number of anilines is 3. The Kier molecular flexibility index (Phi) is 4.40. The summed E-state index contributed by atoms with van der Waals surface area (Å²) in [5, 5.41) is 0. The third kappa shape index (κ3) is 3.05. The lowest BCUT2D eigenvalue weighted by molar-refractivity contribution is 0.487. The molecule has 166 valence electrons. The van der Waals surface area contributed by atoms with Crippen LogP contribution in [0.25, 0.3) is 11.1 Å². The van der Waals surface area contributed by atoms with Crippen molar-refractivity contribution in [1.82, 2.24) is 0 Å². The van der Waals surface area contributed by atoms with Gasteiger partial charge in [0.2, 0.25) is 0 Å². The normalized spacial score (nSPS) is 13.0. The first-order valence-corrected chi connectivity index (χ1v) is 12.2. The molecule has 0 radical (unpaired) electrons. The van der Waals surface area contributed by atoms with E-state index in [0.717, 1.165) is 22.7 Å². The quantitative estimate of drug-likeness (QED) is 0.284. The highest BCUT2D eigenvalue weighted by atomic mass is 16.5. The summed E-state index contributed by atoms with van der Waals surface area (Å²) >= 11 is 0.